The summed E-state index contributed by atoms with van der Waals surface area (Å²) in [6, 6.07) is 0. The summed E-state index contributed by atoms with van der Waals surface area (Å²) in [6.07, 6.45) is 3.71. The van der Waals surface area contributed by atoms with Crippen molar-refractivity contribution in [3.05, 3.63) is 0 Å². The smallest absolute Gasteiger partial charge is 0.0670 e. The lowest BCUT2D eigenvalue weighted by molar-refractivity contribution is 0.0161. The van der Waals surface area contributed by atoms with Gasteiger partial charge in [-0.15, -0.1) is 0 Å². The maximum Gasteiger partial charge on any atom is 0.0670 e. The summed E-state index contributed by atoms with van der Waals surface area (Å²) in [6.45, 7) is 3.39. The number of aliphatic hydroxyl groups excluding tert-OH is 1. The summed E-state index contributed by atoms with van der Waals surface area (Å²) in [5, 5.41) is 9.37. The Morgan fingerprint density at radius 3 is 3.00 bits per heavy atom. The van der Waals surface area contributed by atoms with Gasteiger partial charge >= 0.3 is 0 Å². The normalized spacial score (nSPS) is 47.1. The molecule has 0 aliphatic carbocycles. The molecule has 0 saturated carbocycles. The highest BCUT2D eigenvalue weighted by Crippen LogP contribution is 2.25. The summed E-state index contributed by atoms with van der Waals surface area (Å²) in [5.41, 5.74) is 0. The van der Waals surface area contributed by atoms with Crippen molar-refractivity contribution >= 4 is 0 Å². The first-order valence-corrected chi connectivity index (χ1v) is 4.25. The van der Waals surface area contributed by atoms with Crippen molar-refractivity contribution < 1.29 is 5.11 Å². The van der Waals surface area contributed by atoms with Gasteiger partial charge in [0.1, 0.15) is 0 Å². The SMILES string of the molecule is O[C@H]1C[C@@H]2CCCN(C1)C2. The second-order valence-electron chi connectivity index (χ2n) is 3.66. The van der Waals surface area contributed by atoms with Gasteiger partial charge in [0.05, 0.1) is 6.10 Å². The fourth-order valence-electron chi connectivity index (χ4n) is 2.27. The molecule has 2 nitrogen and oxygen atoms in total. The molecule has 3 atom stereocenters. The molecule has 2 saturated heterocycles. The maximum absolute atomic E-state index is 9.37. The van der Waals surface area contributed by atoms with Gasteiger partial charge in [-0.25, -0.2) is 0 Å². The molecule has 0 aromatic rings. The Hall–Kier alpha value is -0.0800. The minimum absolute atomic E-state index is 0.0287. The number of hydrogen-bond donors (Lipinski definition) is 1. The molecule has 0 spiro atoms. The second-order valence-corrected chi connectivity index (χ2v) is 3.66. The van der Waals surface area contributed by atoms with E-state index in [4.69, 9.17) is 0 Å². The molecular formula is C8H15NO. The van der Waals surface area contributed by atoms with Crippen molar-refractivity contribution in [1.82, 2.24) is 4.90 Å². The molecule has 2 rings (SSSR count). The van der Waals surface area contributed by atoms with E-state index in [0.29, 0.717) is 0 Å². The second kappa shape index (κ2) is 2.51. The first-order chi connectivity index (χ1) is 4.84. The van der Waals surface area contributed by atoms with Gasteiger partial charge < -0.3 is 10.0 Å². The van der Waals surface area contributed by atoms with Crippen LogP contribution in [0.1, 0.15) is 19.3 Å². The third kappa shape index (κ3) is 1.18. The van der Waals surface area contributed by atoms with Crippen molar-refractivity contribution in [3.8, 4) is 0 Å². The lowest BCUT2D eigenvalue weighted by Gasteiger charge is -2.39. The van der Waals surface area contributed by atoms with E-state index in [1.165, 1.54) is 25.9 Å². The van der Waals surface area contributed by atoms with Crippen LogP contribution in [-0.2, 0) is 0 Å². The zero-order valence-electron chi connectivity index (χ0n) is 6.29. The van der Waals surface area contributed by atoms with Gasteiger partial charge in [0, 0.05) is 13.1 Å². The average molecular weight is 141 g/mol. The zero-order chi connectivity index (χ0) is 6.97. The van der Waals surface area contributed by atoms with Crippen molar-refractivity contribution in [3.63, 3.8) is 0 Å². The predicted octanol–water partition coefficient (Wildman–Crippen LogP) is 0.463. The van der Waals surface area contributed by atoms with Crippen LogP contribution >= 0.6 is 0 Å². The minimum atomic E-state index is -0.0287. The Morgan fingerprint density at radius 2 is 2.20 bits per heavy atom. The minimum Gasteiger partial charge on any atom is -0.392 e. The molecule has 0 aromatic heterocycles. The van der Waals surface area contributed by atoms with Crippen LogP contribution in [0.25, 0.3) is 0 Å². The van der Waals surface area contributed by atoms with E-state index in [2.05, 4.69) is 4.90 Å². The Bertz CT molecular complexity index is 110. The zero-order valence-corrected chi connectivity index (χ0v) is 6.29. The van der Waals surface area contributed by atoms with Gasteiger partial charge in [0.2, 0.25) is 0 Å². The van der Waals surface area contributed by atoms with E-state index < -0.39 is 0 Å². The molecule has 10 heavy (non-hydrogen) atoms. The third-order valence-corrected chi connectivity index (χ3v) is 2.68. The third-order valence-electron chi connectivity index (χ3n) is 2.68. The molecule has 1 N–H and O–H groups in total. The lowest BCUT2D eigenvalue weighted by atomic mass is 9.88. The van der Waals surface area contributed by atoms with Crippen LogP contribution in [0.4, 0.5) is 0 Å². The number of piperidine rings is 2. The Kier molecular flexibility index (Phi) is 1.66. The van der Waals surface area contributed by atoms with Crippen LogP contribution in [0.3, 0.4) is 0 Å². The first-order valence-electron chi connectivity index (χ1n) is 4.25. The molecule has 0 amide bonds. The topological polar surface area (TPSA) is 23.5 Å². The van der Waals surface area contributed by atoms with Crippen LogP contribution < -0.4 is 0 Å². The lowest BCUT2D eigenvalue weighted by Crippen LogP contribution is -2.46. The van der Waals surface area contributed by atoms with E-state index in [1.807, 2.05) is 0 Å². The van der Waals surface area contributed by atoms with E-state index in [1.54, 1.807) is 0 Å². The Balaban J connectivity index is 1.98. The van der Waals surface area contributed by atoms with E-state index in [9.17, 15) is 5.11 Å². The van der Waals surface area contributed by atoms with Gasteiger partial charge in [-0.3, -0.25) is 0 Å². The fraction of sp³-hybridized carbons (Fsp3) is 1.00. The number of nitrogens with zero attached hydrogens (tertiary/aromatic N) is 1. The van der Waals surface area contributed by atoms with Crippen LogP contribution in [0.2, 0.25) is 0 Å². The first kappa shape index (κ1) is 6.62. The molecule has 2 heterocycles. The van der Waals surface area contributed by atoms with Crippen molar-refractivity contribution in [2.75, 3.05) is 19.6 Å². The fourth-order valence-corrected chi connectivity index (χ4v) is 2.27. The standard InChI is InChI=1S/C8H15NO/c10-8-4-7-2-1-3-9(5-7)6-8/h7-8,10H,1-6H2/t7-,8-/m0/s1. The molecule has 2 aliphatic heterocycles. The van der Waals surface area contributed by atoms with Gasteiger partial charge in [0.15, 0.2) is 0 Å². The van der Waals surface area contributed by atoms with Gasteiger partial charge in [-0.05, 0) is 31.7 Å². The monoisotopic (exact) mass is 141 g/mol. The maximum atomic E-state index is 9.37. The predicted molar refractivity (Wildman–Crippen MR) is 39.8 cm³/mol. The van der Waals surface area contributed by atoms with E-state index in [-0.39, 0.29) is 6.10 Å². The Morgan fingerprint density at radius 1 is 1.30 bits per heavy atom. The Labute approximate surface area is 61.8 Å². The molecule has 2 fully saturated rings. The molecule has 2 aliphatic rings. The molecule has 0 radical (unpaired) electrons. The van der Waals surface area contributed by atoms with Gasteiger partial charge in [0.25, 0.3) is 0 Å². The van der Waals surface area contributed by atoms with Crippen LogP contribution in [0, 0.1) is 5.92 Å². The highest BCUT2D eigenvalue weighted by molar-refractivity contribution is 4.82. The summed E-state index contributed by atoms with van der Waals surface area (Å²) in [7, 11) is 0. The average Bonchev–Trinajstić information content (AvgIpc) is 1.85. The number of hydrogen-bond acceptors (Lipinski definition) is 2. The number of rotatable bonds is 0. The van der Waals surface area contributed by atoms with Crippen LogP contribution in [0.5, 0.6) is 0 Å². The molecule has 0 aromatic carbocycles. The van der Waals surface area contributed by atoms with E-state index in [0.717, 1.165) is 18.9 Å². The molecule has 58 valence electrons. The van der Waals surface area contributed by atoms with Crippen molar-refractivity contribution in [2.24, 2.45) is 5.92 Å². The van der Waals surface area contributed by atoms with Crippen LogP contribution in [-0.4, -0.2) is 35.7 Å². The van der Waals surface area contributed by atoms with Crippen molar-refractivity contribution in [2.45, 2.75) is 25.4 Å². The number of aliphatic hydroxyl groups is 1. The van der Waals surface area contributed by atoms with Crippen molar-refractivity contribution in [1.29, 1.82) is 0 Å². The van der Waals surface area contributed by atoms with Crippen LogP contribution in [0.15, 0.2) is 0 Å². The van der Waals surface area contributed by atoms with Gasteiger partial charge in [-0.1, -0.05) is 0 Å². The summed E-state index contributed by atoms with van der Waals surface area (Å²) >= 11 is 0. The van der Waals surface area contributed by atoms with E-state index >= 15 is 0 Å². The quantitative estimate of drug-likeness (QED) is 0.530. The largest absolute Gasteiger partial charge is 0.392 e. The molecular weight excluding hydrogens is 126 g/mol. The molecule has 2 bridgehead atoms. The summed E-state index contributed by atoms with van der Waals surface area (Å²) < 4.78 is 0. The highest BCUT2D eigenvalue weighted by atomic mass is 16.3. The van der Waals surface area contributed by atoms with Gasteiger partial charge in [-0.2, -0.15) is 0 Å². The number of fused-ring (bicyclic) bond motifs is 2. The highest BCUT2D eigenvalue weighted by Gasteiger charge is 2.28. The molecule has 2 heteroatoms. The summed E-state index contributed by atoms with van der Waals surface area (Å²) in [5.74, 6) is 0.803. The molecule has 1 unspecified atom stereocenters. The summed E-state index contributed by atoms with van der Waals surface area (Å²) in [4.78, 5) is 2.39.